The van der Waals surface area contributed by atoms with E-state index in [9.17, 15) is 19.7 Å². The monoisotopic (exact) mass is 393 g/mol. The van der Waals surface area contributed by atoms with Crippen LogP contribution in [0.1, 0.15) is 5.69 Å². The molecule has 1 fully saturated rings. The van der Waals surface area contributed by atoms with E-state index < -0.39 is 16.7 Å². The minimum absolute atomic E-state index is 0.0564. The number of amides is 2. The first-order valence-electron chi connectivity index (χ1n) is 8.04. The molecule has 0 unspecified atom stereocenters. The Morgan fingerprint density at radius 1 is 1.11 bits per heavy atom. The summed E-state index contributed by atoms with van der Waals surface area (Å²) in [4.78, 5) is 39.3. The second-order valence-electron chi connectivity index (χ2n) is 5.88. The Morgan fingerprint density at radius 2 is 1.86 bits per heavy atom. The number of non-ortho nitro benzene ring substituents is 1. The molecule has 0 aliphatic carbocycles. The Balaban J connectivity index is 1.88. The van der Waals surface area contributed by atoms with Crippen LogP contribution in [0.25, 0.3) is 23.0 Å². The van der Waals surface area contributed by atoms with Crippen LogP contribution in [-0.2, 0) is 9.59 Å². The van der Waals surface area contributed by atoms with Crippen molar-refractivity contribution in [2.45, 2.75) is 0 Å². The van der Waals surface area contributed by atoms with Gasteiger partial charge in [0.1, 0.15) is 11.4 Å². The first-order chi connectivity index (χ1) is 13.4. The van der Waals surface area contributed by atoms with Crippen molar-refractivity contribution in [2.24, 2.45) is 0 Å². The molecule has 2 aromatic heterocycles. The number of carbonyl (C=O) groups is 2. The number of benzene rings is 1. The van der Waals surface area contributed by atoms with E-state index in [4.69, 9.17) is 12.2 Å². The Morgan fingerprint density at radius 3 is 2.57 bits per heavy atom. The van der Waals surface area contributed by atoms with E-state index in [-0.39, 0.29) is 16.4 Å². The number of nitrogens with zero attached hydrogens (tertiary/aromatic N) is 3. The molecule has 1 aliphatic heterocycles. The van der Waals surface area contributed by atoms with Crippen molar-refractivity contribution >= 4 is 46.4 Å². The number of thiocarbonyl (C=S) groups is 1. The van der Waals surface area contributed by atoms with Gasteiger partial charge in [-0.1, -0.05) is 18.2 Å². The summed E-state index contributed by atoms with van der Waals surface area (Å²) < 4.78 is 1.73. The van der Waals surface area contributed by atoms with Crippen LogP contribution in [0.3, 0.4) is 0 Å². The normalized spacial score (nSPS) is 14.0. The van der Waals surface area contributed by atoms with Gasteiger partial charge in [0.05, 0.1) is 16.1 Å². The lowest BCUT2D eigenvalue weighted by atomic mass is 10.1. The summed E-state index contributed by atoms with van der Waals surface area (Å²) in [5.74, 6) is -0.802. The molecule has 0 spiro atoms. The first kappa shape index (κ1) is 17.5. The number of nitro benzene ring substituents is 1. The summed E-state index contributed by atoms with van der Waals surface area (Å²) in [5.41, 5.74) is 1.33. The maximum atomic E-state index is 12.1. The number of carbonyl (C=O) groups excluding carboxylic acids is 2. The summed E-state index contributed by atoms with van der Waals surface area (Å²) in [6, 6.07) is 11.4. The van der Waals surface area contributed by atoms with Gasteiger partial charge in [-0.2, -0.15) is 0 Å². The van der Waals surface area contributed by atoms with Crippen LogP contribution >= 0.6 is 12.2 Å². The highest BCUT2D eigenvalue weighted by molar-refractivity contribution is 7.80. The quantitative estimate of drug-likeness (QED) is 0.230. The third-order valence-corrected chi connectivity index (χ3v) is 4.32. The van der Waals surface area contributed by atoms with Crippen LogP contribution < -0.4 is 10.6 Å². The zero-order valence-corrected chi connectivity index (χ0v) is 14.9. The molecule has 138 valence electrons. The summed E-state index contributed by atoms with van der Waals surface area (Å²) in [6.07, 6.45) is 3.11. The Bertz CT molecular complexity index is 1190. The van der Waals surface area contributed by atoms with Crippen molar-refractivity contribution in [1.82, 2.24) is 20.0 Å². The van der Waals surface area contributed by atoms with E-state index in [1.807, 2.05) is 0 Å². The standard InChI is InChI=1S/C18H11N5O4S/c24-16-12(17(25)21-18(28)20-16)9-13-14-6-1-2-7-22(14)15(19-13)10-4-3-5-11(8-10)23(26)27/h1-9H,(H2,20,21,24,25,28). The number of fused-ring (bicyclic) bond motifs is 1. The zero-order chi connectivity index (χ0) is 19.8. The fraction of sp³-hybridized carbons (Fsp3) is 0. The van der Waals surface area contributed by atoms with Crippen LogP contribution in [0, 0.1) is 10.1 Å². The molecule has 0 bridgehead atoms. The summed E-state index contributed by atoms with van der Waals surface area (Å²) in [6.45, 7) is 0. The van der Waals surface area contributed by atoms with E-state index in [1.165, 1.54) is 18.2 Å². The molecule has 3 heterocycles. The predicted molar refractivity (Wildman–Crippen MR) is 104 cm³/mol. The Kier molecular flexibility index (Phi) is 4.17. The van der Waals surface area contributed by atoms with Crippen LogP contribution in [0.5, 0.6) is 0 Å². The SMILES string of the molecule is O=C1NC(=S)NC(=O)C1=Cc1nc(-c2cccc([N+](=O)[O-])c2)n2ccccc12. The van der Waals surface area contributed by atoms with Gasteiger partial charge in [-0.15, -0.1) is 0 Å². The minimum atomic E-state index is -0.622. The molecule has 4 rings (SSSR count). The summed E-state index contributed by atoms with van der Waals surface area (Å²) in [5, 5.41) is 15.8. The molecular formula is C18H11N5O4S. The molecule has 28 heavy (non-hydrogen) atoms. The van der Waals surface area contributed by atoms with E-state index in [2.05, 4.69) is 15.6 Å². The number of rotatable bonds is 3. The van der Waals surface area contributed by atoms with Crippen molar-refractivity contribution in [3.8, 4) is 11.4 Å². The number of nitro groups is 1. The van der Waals surface area contributed by atoms with Gasteiger partial charge >= 0.3 is 0 Å². The average molecular weight is 393 g/mol. The molecule has 0 atom stereocenters. The summed E-state index contributed by atoms with van der Waals surface area (Å²) >= 11 is 4.79. The van der Waals surface area contributed by atoms with Gasteiger partial charge in [0, 0.05) is 23.9 Å². The Hall–Kier alpha value is -3.92. The van der Waals surface area contributed by atoms with Crippen LogP contribution in [0.2, 0.25) is 0 Å². The molecule has 1 saturated heterocycles. The molecule has 9 nitrogen and oxygen atoms in total. The van der Waals surface area contributed by atoms with Crippen LogP contribution in [-0.4, -0.2) is 31.2 Å². The van der Waals surface area contributed by atoms with E-state index in [0.29, 0.717) is 22.6 Å². The van der Waals surface area contributed by atoms with Gasteiger partial charge in [-0.05, 0) is 30.4 Å². The summed E-state index contributed by atoms with van der Waals surface area (Å²) in [7, 11) is 0. The number of nitrogens with one attached hydrogen (secondary N) is 2. The van der Waals surface area contributed by atoms with Crippen molar-refractivity contribution < 1.29 is 14.5 Å². The number of hydrogen-bond acceptors (Lipinski definition) is 6. The number of aromatic nitrogens is 2. The third kappa shape index (κ3) is 3.01. The molecule has 2 N–H and O–H groups in total. The van der Waals surface area contributed by atoms with Crippen LogP contribution in [0.4, 0.5) is 5.69 Å². The largest absolute Gasteiger partial charge is 0.299 e. The predicted octanol–water partition coefficient (Wildman–Crippen LogP) is 1.82. The van der Waals surface area contributed by atoms with Crippen molar-refractivity contribution in [1.29, 1.82) is 0 Å². The smallest absolute Gasteiger partial charge is 0.270 e. The van der Waals surface area contributed by atoms with Gasteiger partial charge in [-0.25, -0.2) is 4.98 Å². The zero-order valence-electron chi connectivity index (χ0n) is 14.1. The van der Waals surface area contributed by atoms with Crippen molar-refractivity contribution in [3.05, 3.63) is 70.0 Å². The van der Waals surface area contributed by atoms with Gasteiger partial charge in [-0.3, -0.25) is 34.7 Å². The topological polar surface area (TPSA) is 119 Å². The molecule has 0 saturated carbocycles. The molecule has 1 aromatic carbocycles. The van der Waals surface area contributed by atoms with E-state index >= 15 is 0 Å². The van der Waals surface area contributed by atoms with Gasteiger partial charge in [0.25, 0.3) is 17.5 Å². The van der Waals surface area contributed by atoms with Crippen molar-refractivity contribution in [3.63, 3.8) is 0 Å². The highest BCUT2D eigenvalue weighted by Crippen LogP contribution is 2.27. The molecule has 10 heteroatoms. The molecule has 1 aliphatic rings. The second kappa shape index (κ2) is 6.67. The number of pyridine rings is 1. The number of imidazole rings is 1. The highest BCUT2D eigenvalue weighted by Gasteiger charge is 2.26. The van der Waals surface area contributed by atoms with Gasteiger partial charge in [0.2, 0.25) is 0 Å². The third-order valence-electron chi connectivity index (χ3n) is 4.12. The lowest BCUT2D eigenvalue weighted by Gasteiger charge is -2.15. The lowest BCUT2D eigenvalue weighted by Crippen LogP contribution is -2.51. The average Bonchev–Trinajstić information content (AvgIpc) is 3.03. The lowest BCUT2D eigenvalue weighted by molar-refractivity contribution is -0.384. The fourth-order valence-corrected chi connectivity index (χ4v) is 3.06. The van der Waals surface area contributed by atoms with Gasteiger partial charge in [0.15, 0.2) is 5.11 Å². The second-order valence-corrected chi connectivity index (χ2v) is 6.29. The molecule has 0 radical (unpaired) electrons. The maximum Gasteiger partial charge on any atom is 0.270 e. The first-order valence-corrected chi connectivity index (χ1v) is 8.45. The maximum absolute atomic E-state index is 12.1. The molecular weight excluding hydrogens is 382 g/mol. The Labute approximate surface area is 162 Å². The van der Waals surface area contributed by atoms with Crippen molar-refractivity contribution in [2.75, 3.05) is 0 Å². The van der Waals surface area contributed by atoms with E-state index in [0.717, 1.165) is 0 Å². The van der Waals surface area contributed by atoms with Crippen LogP contribution in [0.15, 0.2) is 54.2 Å². The van der Waals surface area contributed by atoms with E-state index in [1.54, 1.807) is 40.9 Å². The number of hydrogen-bond donors (Lipinski definition) is 2. The fourth-order valence-electron chi connectivity index (χ4n) is 2.87. The molecule has 2 amide bonds. The highest BCUT2D eigenvalue weighted by atomic mass is 32.1. The molecule has 3 aromatic rings. The minimum Gasteiger partial charge on any atom is -0.299 e. The van der Waals surface area contributed by atoms with Gasteiger partial charge < -0.3 is 0 Å².